The van der Waals surface area contributed by atoms with Crippen LogP contribution in [0.15, 0.2) is 88.1 Å². The molecule has 6 nitrogen and oxygen atoms in total. The highest BCUT2D eigenvalue weighted by molar-refractivity contribution is 6.33. The lowest BCUT2D eigenvalue weighted by Crippen LogP contribution is -2.32. The summed E-state index contributed by atoms with van der Waals surface area (Å²) in [5.74, 6) is 0.795. The fourth-order valence-electron chi connectivity index (χ4n) is 3.05. The van der Waals surface area contributed by atoms with Gasteiger partial charge in [-0.1, -0.05) is 30.3 Å². The molecule has 3 aromatic rings. The summed E-state index contributed by atoms with van der Waals surface area (Å²) < 4.78 is 5.34. The van der Waals surface area contributed by atoms with E-state index < -0.39 is 0 Å². The van der Waals surface area contributed by atoms with E-state index in [1.807, 2.05) is 30.3 Å². The third kappa shape index (κ3) is 3.60. The molecular weight excluding hydrogens is 366 g/mol. The highest BCUT2D eigenvalue weighted by Gasteiger charge is 2.32. The van der Waals surface area contributed by atoms with Gasteiger partial charge in [-0.15, -0.1) is 0 Å². The van der Waals surface area contributed by atoms with Crippen LogP contribution in [0.4, 0.5) is 11.4 Å². The standard InChI is InChI=1S/C23H19N3O3/c1-16(27)25(2)18-10-12-19(13-11-18)26-22(17-7-4-3-5-8-17)24-21(23(26)28)15-20-9-6-14-29-20/h3-15H,1-2H3. The van der Waals surface area contributed by atoms with E-state index in [4.69, 9.17) is 4.42 Å². The zero-order valence-electron chi connectivity index (χ0n) is 16.1. The van der Waals surface area contributed by atoms with E-state index in [9.17, 15) is 9.59 Å². The quantitative estimate of drug-likeness (QED) is 0.635. The van der Waals surface area contributed by atoms with Crippen LogP contribution in [-0.4, -0.2) is 24.7 Å². The Labute approximate surface area is 168 Å². The van der Waals surface area contributed by atoms with E-state index >= 15 is 0 Å². The Kier molecular flexibility index (Phi) is 4.83. The van der Waals surface area contributed by atoms with Gasteiger partial charge in [0.2, 0.25) is 5.91 Å². The summed E-state index contributed by atoms with van der Waals surface area (Å²) in [7, 11) is 1.71. The van der Waals surface area contributed by atoms with Gasteiger partial charge in [0.1, 0.15) is 17.3 Å². The molecule has 4 rings (SSSR count). The van der Waals surface area contributed by atoms with Gasteiger partial charge in [0.05, 0.1) is 12.0 Å². The van der Waals surface area contributed by atoms with E-state index in [-0.39, 0.29) is 11.8 Å². The summed E-state index contributed by atoms with van der Waals surface area (Å²) in [6, 6.07) is 20.3. The molecule has 0 spiro atoms. The predicted molar refractivity (Wildman–Crippen MR) is 113 cm³/mol. The van der Waals surface area contributed by atoms with Gasteiger partial charge in [-0.05, 0) is 36.4 Å². The van der Waals surface area contributed by atoms with Gasteiger partial charge in [0.25, 0.3) is 5.91 Å². The van der Waals surface area contributed by atoms with Crippen LogP contribution in [0.5, 0.6) is 0 Å². The maximum atomic E-state index is 13.2. The lowest BCUT2D eigenvalue weighted by Gasteiger charge is -2.20. The third-order valence-corrected chi connectivity index (χ3v) is 4.68. The van der Waals surface area contributed by atoms with E-state index in [1.165, 1.54) is 6.92 Å². The van der Waals surface area contributed by atoms with Gasteiger partial charge >= 0.3 is 0 Å². The van der Waals surface area contributed by atoms with Crippen LogP contribution in [0.1, 0.15) is 18.2 Å². The summed E-state index contributed by atoms with van der Waals surface area (Å²) in [6.45, 7) is 1.50. The van der Waals surface area contributed by atoms with Crippen LogP contribution in [0.25, 0.3) is 6.08 Å². The molecular formula is C23H19N3O3. The van der Waals surface area contributed by atoms with Crippen molar-refractivity contribution in [3.63, 3.8) is 0 Å². The Hall–Kier alpha value is -3.93. The molecule has 1 aliphatic rings. The molecule has 1 aliphatic heterocycles. The maximum Gasteiger partial charge on any atom is 0.282 e. The van der Waals surface area contributed by atoms with Gasteiger partial charge in [0.15, 0.2) is 0 Å². The van der Waals surface area contributed by atoms with Crippen molar-refractivity contribution < 1.29 is 14.0 Å². The van der Waals surface area contributed by atoms with Crippen LogP contribution in [0.3, 0.4) is 0 Å². The molecule has 0 saturated carbocycles. The Morgan fingerprint density at radius 1 is 1.03 bits per heavy atom. The Morgan fingerprint density at radius 2 is 1.76 bits per heavy atom. The Balaban J connectivity index is 1.75. The summed E-state index contributed by atoms with van der Waals surface area (Å²) in [5, 5.41) is 0. The van der Waals surface area contributed by atoms with Crippen LogP contribution < -0.4 is 9.80 Å². The SMILES string of the molecule is CC(=O)N(C)c1ccc(N2C(=O)C(=Cc3ccco3)N=C2c2ccccc2)cc1. The summed E-state index contributed by atoms with van der Waals surface area (Å²) >= 11 is 0. The fourth-order valence-corrected chi connectivity index (χ4v) is 3.05. The smallest absolute Gasteiger partial charge is 0.282 e. The van der Waals surface area contributed by atoms with Crippen molar-refractivity contribution in [3.05, 3.63) is 90.0 Å². The highest BCUT2D eigenvalue weighted by atomic mass is 16.3. The van der Waals surface area contributed by atoms with Gasteiger partial charge in [-0.2, -0.15) is 0 Å². The van der Waals surface area contributed by atoms with Gasteiger partial charge in [-0.3, -0.25) is 14.5 Å². The third-order valence-electron chi connectivity index (χ3n) is 4.68. The second kappa shape index (κ2) is 7.59. The number of hydrogen-bond donors (Lipinski definition) is 0. The number of aliphatic imine (C=N–C) groups is 1. The first-order chi connectivity index (χ1) is 14.0. The van der Waals surface area contributed by atoms with Gasteiger partial charge in [0, 0.05) is 31.3 Å². The zero-order chi connectivity index (χ0) is 20.4. The second-order valence-electron chi connectivity index (χ2n) is 6.58. The molecule has 2 aromatic carbocycles. The van der Waals surface area contributed by atoms with Crippen LogP contribution in [0, 0.1) is 0 Å². The first-order valence-corrected chi connectivity index (χ1v) is 9.13. The van der Waals surface area contributed by atoms with Crippen molar-refractivity contribution >= 4 is 35.1 Å². The van der Waals surface area contributed by atoms with E-state index in [2.05, 4.69) is 4.99 Å². The molecule has 0 fully saturated rings. The largest absolute Gasteiger partial charge is 0.465 e. The summed E-state index contributed by atoms with van der Waals surface area (Å²) in [4.78, 5) is 32.5. The van der Waals surface area contributed by atoms with Crippen molar-refractivity contribution in [2.45, 2.75) is 6.92 Å². The summed E-state index contributed by atoms with van der Waals surface area (Å²) in [6.07, 6.45) is 3.18. The number of benzene rings is 2. The predicted octanol–water partition coefficient (Wildman–Crippen LogP) is 4.10. The first-order valence-electron chi connectivity index (χ1n) is 9.13. The molecule has 0 atom stereocenters. The molecule has 2 heterocycles. The van der Waals surface area contributed by atoms with Crippen LogP contribution >= 0.6 is 0 Å². The number of nitrogens with zero attached hydrogens (tertiary/aromatic N) is 3. The molecule has 0 saturated heterocycles. The normalized spacial score (nSPS) is 15.0. The number of amidine groups is 1. The van der Waals surface area contributed by atoms with Crippen molar-refractivity contribution in [2.75, 3.05) is 16.8 Å². The van der Waals surface area contributed by atoms with E-state index in [0.29, 0.717) is 23.0 Å². The van der Waals surface area contributed by atoms with Crippen molar-refractivity contribution in [1.82, 2.24) is 0 Å². The van der Waals surface area contributed by atoms with Crippen LogP contribution in [0.2, 0.25) is 0 Å². The molecule has 0 N–H and O–H groups in total. The monoisotopic (exact) mass is 385 g/mol. The van der Waals surface area contributed by atoms with Gasteiger partial charge in [-0.25, -0.2) is 4.99 Å². The zero-order valence-corrected chi connectivity index (χ0v) is 16.1. The minimum Gasteiger partial charge on any atom is -0.465 e. The second-order valence-corrected chi connectivity index (χ2v) is 6.58. The average Bonchev–Trinajstić information content (AvgIpc) is 3.37. The number of carbonyl (C=O) groups is 2. The van der Waals surface area contributed by atoms with E-state index in [1.54, 1.807) is 65.6 Å². The number of anilines is 2. The molecule has 144 valence electrons. The maximum absolute atomic E-state index is 13.2. The molecule has 2 amide bonds. The number of rotatable bonds is 4. The number of amides is 2. The molecule has 29 heavy (non-hydrogen) atoms. The van der Waals surface area contributed by atoms with Crippen molar-refractivity contribution in [3.8, 4) is 0 Å². The minimum absolute atomic E-state index is 0.0646. The molecule has 0 radical (unpaired) electrons. The van der Waals surface area contributed by atoms with Gasteiger partial charge < -0.3 is 9.32 Å². The number of hydrogen-bond acceptors (Lipinski definition) is 4. The molecule has 6 heteroatoms. The van der Waals surface area contributed by atoms with Crippen molar-refractivity contribution in [2.24, 2.45) is 4.99 Å². The molecule has 1 aromatic heterocycles. The van der Waals surface area contributed by atoms with E-state index in [0.717, 1.165) is 11.3 Å². The topological polar surface area (TPSA) is 66.1 Å². The Morgan fingerprint density at radius 3 is 2.38 bits per heavy atom. The molecule has 0 aliphatic carbocycles. The number of furan rings is 1. The highest BCUT2D eigenvalue weighted by Crippen LogP contribution is 2.29. The average molecular weight is 385 g/mol. The van der Waals surface area contributed by atoms with Crippen LogP contribution in [-0.2, 0) is 9.59 Å². The summed E-state index contributed by atoms with van der Waals surface area (Å²) in [5.41, 5.74) is 2.54. The Bertz CT molecular complexity index is 1100. The molecule has 0 bridgehead atoms. The number of carbonyl (C=O) groups excluding carboxylic acids is 2. The lowest BCUT2D eigenvalue weighted by atomic mass is 10.1. The van der Waals surface area contributed by atoms with Crippen molar-refractivity contribution in [1.29, 1.82) is 0 Å². The fraction of sp³-hybridized carbons (Fsp3) is 0.0870. The first kappa shape index (κ1) is 18.4. The minimum atomic E-state index is -0.243. The molecule has 0 unspecified atom stereocenters. The lowest BCUT2D eigenvalue weighted by molar-refractivity contribution is -0.116.